The van der Waals surface area contributed by atoms with E-state index in [-0.39, 0.29) is 6.42 Å². The van der Waals surface area contributed by atoms with Gasteiger partial charge in [0.2, 0.25) is 0 Å². The van der Waals surface area contributed by atoms with Gasteiger partial charge in [0.15, 0.2) is 0 Å². The molecule has 0 aliphatic heterocycles. The third-order valence-corrected chi connectivity index (χ3v) is 3.60. The molecule has 0 spiro atoms. The number of ether oxygens (including phenoxy) is 1. The lowest BCUT2D eigenvalue weighted by Gasteiger charge is -2.16. The van der Waals surface area contributed by atoms with E-state index in [2.05, 4.69) is 17.6 Å². The van der Waals surface area contributed by atoms with Crippen molar-refractivity contribution in [3.8, 4) is 0 Å². The van der Waals surface area contributed by atoms with Crippen LogP contribution in [0.4, 0.5) is 0 Å². The lowest BCUT2D eigenvalue weighted by Crippen LogP contribution is -2.49. The van der Waals surface area contributed by atoms with Crippen molar-refractivity contribution in [2.45, 2.75) is 45.1 Å². The molecule has 1 aromatic carbocycles. The SMILES string of the molecule is CCCCCCNC(=O)C(=O)NC(Cc1ccccc1)C(=O)OC. The maximum atomic E-state index is 12.0. The van der Waals surface area contributed by atoms with Gasteiger partial charge in [0.05, 0.1) is 7.11 Å². The summed E-state index contributed by atoms with van der Waals surface area (Å²) in [5, 5.41) is 5.01. The first-order chi connectivity index (χ1) is 11.6. The molecule has 6 heteroatoms. The van der Waals surface area contributed by atoms with Gasteiger partial charge in [-0.15, -0.1) is 0 Å². The summed E-state index contributed by atoms with van der Waals surface area (Å²) in [5.74, 6) is -2.13. The normalized spacial score (nSPS) is 11.4. The summed E-state index contributed by atoms with van der Waals surface area (Å²) in [7, 11) is 1.25. The van der Waals surface area contributed by atoms with E-state index in [0.717, 1.165) is 31.2 Å². The van der Waals surface area contributed by atoms with Crippen molar-refractivity contribution in [1.29, 1.82) is 0 Å². The van der Waals surface area contributed by atoms with Crippen LogP contribution in [0, 0.1) is 0 Å². The Kier molecular flexibility index (Phi) is 9.19. The fourth-order valence-corrected chi connectivity index (χ4v) is 2.24. The molecule has 1 rings (SSSR count). The minimum absolute atomic E-state index is 0.267. The quantitative estimate of drug-likeness (QED) is 0.408. The highest BCUT2D eigenvalue weighted by Gasteiger charge is 2.24. The molecule has 0 bridgehead atoms. The van der Waals surface area contributed by atoms with Gasteiger partial charge in [0, 0.05) is 13.0 Å². The van der Waals surface area contributed by atoms with Crippen molar-refractivity contribution in [2.75, 3.05) is 13.7 Å². The average molecular weight is 334 g/mol. The number of rotatable bonds is 9. The molecule has 1 unspecified atom stereocenters. The summed E-state index contributed by atoms with van der Waals surface area (Å²) in [6.45, 7) is 2.56. The van der Waals surface area contributed by atoms with Crippen molar-refractivity contribution >= 4 is 17.8 Å². The van der Waals surface area contributed by atoms with Crippen LogP contribution in [0.25, 0.3) is 0 Å². The Labute approximate surface area is 143 Å². The van der Waals surface area contributed by atoms with Gasteiger partial charge in [-0.05, 0) is 12.0 Å². The van der Waals surface area contributed by atoms with Crippen LogP contribution in [0.15, 0.2) is 30.3 Å². The van der Waals surface area contributed by atoms with E-state index >= 15 is 0 Å². The van der Waals surface area contributed by atoms with Gasteiger partial charge in [-0.25, -0.2) is 4.79 Å². The van der Waals surface area contributed by atoms with Crippen molar-refractivity contribution in [1.82, 2.24) is 10.6 Å². The van der Waals surface area contributed by atoms with Crippen LogP contribution in [0.2, 0.25) is 0 Å². The molecule has 0 saturated heterocycles. The zero-order valence-electron chi connectivity index (χ0n) is 14.3. The third-order valence-electron chi connectivity index (χ3n) is 3.60. The van der Waals surface area contributed by atoms with Crippen LogP contribution in [0.3, 0.4) is 0 Å². The van der Waals surface area contributed by atoms with Gasteiger partial charge in [-0.2, -0.15) is 0 Å². The predicted molar refractivity (Wildman–Crippen MR) is 91.2 cm³/mol. The molecule has 2 N–H and O–H groups in total. The Balaban J connectivity index is 2.51. The first kappa shape index (κ1) is 19.7. The lowest BCUT2D eigenvalue weighted by molar-refractivity contribution is -0.146. The molecule has 6 nitrogen and oxygen atoms in total. The number of carbonyl (C=O) groups excluding carboxylic acids is 3. The molecular weight excluding hydrogens is 308 g/mol. The first-order valence-corrected chi connectivity index (χ1v) is 8.29. The van der Waals surface area contributed by atoms with Crippen LogP contribution in [0.1, 0.15) is 38.2 Å². The zero-order chi connectivity index (χ0) is 17.8. The fraction of sp³-hybridized carbons (Fsp3) is 0.500. The molecule has 2 amide bonds. The molecule has 0 aromatic heterocycles. The number of amides is 2. The molecule has 0 heterocycles. The lowest BCUT2D eigenvalue weighted by atomic mass is 10.1. The maximum Gasteiger partial charge on any atom is 0.328 e. The minimum atomic E-state index is -0.893. The van der Waals surface area contributed by atoms with Crippen LogP contribution >= 0.6 is 0 Å². The van der Waals surface area contributed by atoms with Crippen LogP contribution in [-0.4, -0.2) is 37.5 Å². The summed E-state index contributed by atoms with van der Waals surface area (Å²) < 4.78 is 4.71. The average Bonchev–Trinajstić information content (AvgIpc) is 2.60. The molecule has 1 aromatic rings. The number of methoxy groups -OCH3 is 1. The van der Waals surface area contributed by atoms with Crippen LogP contribution in [0.5, 0.6) is 0 Å². The van der Waals surface area contributed by atoms with Gasteiger partial charge in [0.25, 0.3) is 0 Å². The smallest absolute Gasteiger partial charge is 0.328 e. The number of benzene rings is 1. The van der Waals surface area contributed by atoms with E-state index in [0.29, 0.717) is 6.54 Å². The molecule has 1 atom stereocenters. The number of carbonyl (C=O) groups is 3. The van der Waals surface area contributed by atoms with Gasteiger partial charge in [-0.3, -0.25) is 9.59 Å². The Morgan fingerprint density at radius 3 is 2.38 bits per heavy atom. The second-order valence-corrected chi connectivity index (χ2v) is 5.56. The van der Waals surface area contributed by atoms with Gasteiger partial charge in [0.1, 0.15) is 6.04 Å². The number of unbranched alkanes of at least 4 members (excludes halogenated alkanes) is 3. The largest absolute Gasteiger partial charge is 0.467 e. The topological polar surface area (TPSA) is 84.5 Å². The van der Waals surface area contributed by atoms with E-state index in [9.17, 15) is 14.4 Å². The van der Waals surface area contributed by atoms with Crippen LogP contribution < -0.4 is 10.6 Å². The van der Waals surface area contributed by atoms with Crippen molar-refractivity contribution in [3.05, 3.63) is 35.9 Å². The Bertz CT molecular complexity index is 531. The summed E-state index contributed by atoms with van der Waals surface area (Å²) in [5.41, 5.74) is 0.869. The Morgan fingerprint density at radius 2 is 1.75 bits per heavy atom. The molecular formula is C18H26N2O4. The van der Waals surface area contributed by atoms with E-state index < -0.39 is 23.8 Å². The molecule has 132 valence electrons. The molecule has 0 aliphatic rings. The number of esters is 1. The number of nitrogens with one attached hydrogen (secondary N) is 2. The monoisotopic (exact) mass is 334 g/mol. The Hall–Kier alpha value is -2.37. The van der Waals surface area contributed by atoms with Crippen LogP contribution in [-0.2, 0) is 25.5 Å². The number of hydrogen-bond donors (Lipinski definition) is 2. The highest BCUT2D eigenvalue weighted by Crippen LogP contribution is 2.04. The molecule has 24 heavy (non-hydrogen) atoms. The van der Waals surface area contributed by atoms with E-state index in [1.807, 2.05) is 30.3 Å². The molecule has 0 aliphatic carbocycles. The highest BCUT2D eigenvalue weighted by atomic mass is 16.5. The maximum absolute atomic E-state index is 12.0. The summed E-state index contributed by atoms with van der Waals surface area (Å²) in [6.07, 6.45) is 4.32. The summed E-state index contributed by atoms with van der Waals surface area (Å²) >= 11 is 0. The first-order valence-electron chi connectivity index (χ1n) is 8.29. The van der Waals surface area contributed by atoms with E-state index in [1.165, 1.54) is 7.11 Å². The minimum Gasteiger partial charge on any atom is -0.467 e. The van der Waals surface area contributed by atoms with E-state index in [1.54, 1.807) is 0 Å². The second kappa shape index (κ2) is 11.2. The van der Waals surface area contributed by atoms with Crippen molar-refractivity contribution < 1.29 is 19.1 Å². The predicted octanol–water partition coefficient (Wildman–Crippen LogP) is 1.58. The second-order valence-electron chi connectivity index (χ2n) is 5.56. The van der Waals surface area contributed by atoms with Gasteiger partial charge < -0.3 is 15.4 Å². The third kappa shape index (κ3) is 7.26. The highest BCUT2D eigenvalue weighted by molar-refractivity contribution is 6.35. The number of hydrogen-bond acceptors (Lipinski definition) is 4. The van der Waals surface area contributed by atoms with Crippen molar-refractivity contribution in [3.63, 3.8) is 0 Å². The summed E-state index contributed by atoms with van der Waals surface area (Å²) in [4.78, 5) is 35.6. The standard InChI is InChI=1S/C18H26N2O4/c1-3-4-5-9-12-19-16(21)17(22)20-15(18(23)24-2)13-14-10-7-6-8-11-14/h6-8,10-11,15H,3-5,9,12-13H2,1-2H3,(H,19,21)(H,20,22). The summed E-state index contributed by atoms with van der Waals surface area (Å²) in [6, 6.07) is 8.34. The van der Waals surface area contributed by atoms with Gasteiger partial charge >= 0.3 is 17.8 Å². The molecule has 0 radical (unpaired) electrons. The fourth-order valence-electron chi connectivity index (χ4n) is 2.24. The molecule has 0 fully saturated rings. The zero-order valence-corrected chi connectivity index (χ0v) is 14.3. The van der Waals surface area contributed by atoms with Gasteiger partial charge in [-0.1, -0.05) is 56.5 Å². The van der Waals surface area contributed by atoms with Crippen molar-refractivity contribution in [2.24, 2.45) is 0 Å². The molecule has 0 saturated carbocycles. The Morgan fingerprint density at radius 1 is 1.04 bits per heavy atom. The van der Waals surface area contributed by atoms with E-state index in [4.69, 9.17) is 4.74 Å².